The Morgan fingerprint density at radius 1 is 1.21 bits per heavy atom. The molecule has 0 amide bonds. The number of aliphatic hydroxyl groups excluding tert-OH is 1. The van der Waals surface area contributed by atoms with E-state index in [0.717, 1.165) is 5.56 Å². The van der Waals surface area contributed by atoms with Crippen LogP contribution >= 0.6 is 0 Å². The maximum Gasteiger partial charge on any atom is 0.573 e. The molecule has 0 radical (unpaired) electrons. The van der Waals surface area contributed by atoms with Gasteiger partial charge in [0.1, 0.15) is 24.0 Å². The first-order chi connectivity index (χ1) is 15.8. The van der Waals surface area contributed by atoms with Crippen molar-refractivity contribution < 1.29 is 27.8 Å². The second-order valence-corrected chi connectivity index (χ2v) is 7.68. The number of aromatic amines is 1. The lowest BCUT2D eigenvalue weighted by molar-refractivity contribution is -0.274. The van der Waals surface area contributed by atoms with Gasteiger partial charge in [0.05, 0.1) is 34.9 Å². The molecule has 0 saturated heterocycles. The average Bonchev–Trinajstić information content (AvgIpc) is 3.20. The molecule has 0 bridgehead atoms. The van der Waals surface area contributed by atoms with E-state index in [4.69, 9.17) is 4.74 Å². The Kier molecular flexibility index (Phi) is 5.09. The number of hydrogen-bond acceptors (Lipinski definition) is 6. The lowest BCUT2D eigenvalue weighted by Gasteiger charge is -2.37. The number of aliphatic hydroxyl groups is 1. The van der Waals surface area contributed by atoms with Crippen molar-refractivity contribution in [3.63, 3.8) is 0 Å². The van der Waals surface area contributed by atoms with E-state index in [2.05, 4.69) is 19.7 Å². The number of hydrogen-bond donors (Lipinski definition) is 2. The van der Waals surface area contributed by atoms with Crippen molar-refractivity contribution in [2.45, 2.75) is 19.3 Å². The van der Waals surface area contributed by atoms with Gasteiger partial charge in [-0.15, -0.1) is 13.2 Å². The van der Waals surface area contributed by atoms with Gasteiger partial charge in [-0.25, -0.2) is 9.97 Å². The number of rotatable bonds is 4. The van der Waals surface area contributed by atoms with Crippen molar-refractivity contribution >= 4 is 22.5 Å². The molecule has 0 saturated carbocycles. The Bertz CT molecular complexity index is 1300. The highest BCUT2D eigenvalue weighted by molar-refractivity contribution is 5.85. The summed E-state index contributed by atoms with van der Waals surface area (Å²) in [5.41, 5.74) is 3.23. The number of nitrogens with zero attached hydrogens (tertiary/aromatic N) is 3. The van der Waals surface area contributed by atoms with Crippen LogP contribution in [0.3, 0.4) is 0 Å². The number of halogens is 3. The van der Waals surface area contributed by atoms with Gasteiger partial charge in [0.25, 0.3) is 0 Å². The second-order valence-electron chi connectivity index (χ2n) is 7.68. The molecule has 0 unspecified atom stereocenters. The van der Waals surface area contributed by atoms with Crippen molar-refractivity contribution in [2.75, 3.05) is 18.1 Å². The molecule has 170 valence electrons. The van der Waals surface area contributed by atoms with Gasteiger partial charge in [-0.05, 0) is 42.8 Å². The van der Waals surface area contributed by atoms with Gasteiger partial charge in [-0.1, -0.05) is 12.1 Å². The summed E-state index contributed by atoms with van der Waals surface area (Å²) >= 11 is 0. The van der Waals surface area contributed by atoms with Gasteiger partial charge < -0.3 is 24.5 Å². The molecule has 10 heteroatoms. The number of ether oxygens (including phenoxy) is 2. The lowest BCUT2D eigenvalue weighted by atomic mass is 10.1. The van der Waals surface area contributed by atoms with Crippen LogP contribution < -0.4 is 14.4 Å². The van der Waals surface area contributed by atoms with Gasteiger partial charge in [0.2, 0.25) is 0 Å². The summed E-state index contributed by atoms with van der Waals surface area (Å²) in [4.78, 5) is 14.0. The van der Waals surface area contributed by atoms with Crippen LogP contribution in [0.4, 0.5) is 24.7 Å². The molecule has 3 heterocycles. The number of anilines is 2. The predicted molar refractivity (Wildman–Crippen MR) is 116 cm³/mol. The lowest BCUT2D eigenvalue weighted by Crippen LogP contribution is -2.43. The molecule has 2 N–H and O–H groups in total. The number of imidazole rings is 1. The molecule has 0 spiro atoms. The van der Waals surface area contributed by atoms with Crippen molar-refractivity contribution in [2.24, 2.45) is 0 Å². The number of pyridine rings is 1. The minimum absolute atomic E-state index is 0.133. The van der Waals surface area contributed by atoms with E-state index in [-0.39, 0.29) is 25.0 Å². The predicted octanol–water partition coefficient (Wildman–Crippen LogP) is 4.72. The van der Waals surface area contributed by atoms with E-state index >= 15 is 0 Å². The number of para-hydroxylation sites is 1. The molecule has 1 aliphatic rings. The third kappa shape index (κ3) is 4.05. The Hall–Kier alpha value is -3.79. The minimum atomic E-state index is -4.78. The fourth-order valence-electron chi connectivity index (χ4n) is 3.86. The fourth-order valence-corrected chi connectivity index (χ4v) is 3.86. The largest absolute Gasteiger partial charge is 0.573 e. The first-order valence-electron chi connectivity index (χ1n) is 10.2. The number of nitrogens with one attached hydrogen (secondary N) is 1. The van der Waals surface area contributed by atoms with Gasteiger partial charge in [0.15, 0.2) is 5.75 Å². The summed E-state index contributed by atoms with van der Waals surface area (Å²) in [5, 5.41) is 9.93. The van der Waals surface area contributed by atoms with Crippen LogP contribution in [-0.4, -0.2) is 45.7 Å². The highest BCUT2D eigenvalue weighted by Crippen LogP contribution is 2.44. The summed E-state index contributed by atoms with van der Waals surface area (Å²) < 4.78 is 47.7. The maximum atomic E-state index is 12.6. The van der Waals surface area contributed by atoms with Crippen molar-refractivity contribution in [1.29, 1.82) is 0 Å². The molecule has 2 aromatic carbocycles. The summed E-state index contributed by atoms with van der Waals surface area (Å²) in [6, 6.07) is 12.9. The molecular formula is C23H19F3N4O3. The zero-order valence-corrected chi connectivity index (χ0v) is 17.4. The third-order valence-corrected chi connectivity index (χ3v) is 5.33. The molecule has 5 rings (SSSR count). The standard InChI is InChI=1S/C23H19F3N4O3/c1-13-5-8-20(27-10-13)30-14(11-31)12-32-21-16(3-2-4-19(21)30)22-28-17-7-6-15(9-18(17)29-22)33-23(24,25)26/h2-10,14,31H,11-12H2,1H3,(H,28,29)/t14-/m0/s1. The quantitative estimate of drug-likeness (QED) is 0.462. The van der Waals surface area contributed by atoms with E-state index < -0.39 is 6.36 Å². The fraction of sp³-hybridized carbons (Fsp3) is 0.217. The van der Waals surface area contributed by atoms with Crippen LogP contribution in [0.15, 0.2) is 54.7 Å². The van der Waals surface area contributed by atoms with Gasteiger partial charge in [-0.2, -0.15) is 0 Å². The summed E-state index contributed by atoms with van der Waals surface area (Å²) in [6.07, 6.45) is -3.03. The molecule has 1 atom stereocenters. The normalized spacial score (nSPS) is 15.9. The van der Waals surface area contributed by atoms with Crippen LogP contribution in [-0.2, 0) is 0 Å². The monoisotopic (exact) mass is 456 g/mol. The SMILES string of the molecule is Cc1ccc(N2c3cccc(-c4nc5ccc(OC(F)(F)F)cc5[nH]4)c3OC[C@@H]2CO)nc1. The van der Waals surface area contributed by atoms with Gasteiger partial charge >= 0.3 is 6.36 Å². The molecule has 7 nitrogen and oxygen atoms in total. The van der Waals surface area contributed by atoms with Crippen LogP contribution in [0.25, 0.3) is 22.4 Å². The summed E-state index contributed by atoms with van der Waals surface area (Å²) in [5.74, 6) is 1.31. The van der Waals surface area contributed by atoms with E-state index in [1.165, 1.54) is 18.2 Å². The van der Waals surface area contributed by atoms with E-state index in [1.807, 2.05) is 42.2 Å². The number of benzene rings is 2. The van der Waals surface area contributed by atoms with Crippen molar-refractivity contribution in [3.05, 3.63) is 60.3 Å². The average molecular weight is 456 g/mol. The molecular weight excluding hydrogens is 437 g/mol. The van der Waals surface area contributed by atoms with Crippen molar-refractivity contribution in [3.8, 4) is 22.9 Å². The Labute approximate surface area is 186 Å². The second kappa shape index (κ2) is 7.96. The summed E-state index contributed by atoms with van der Waals surface area (Å²) in [6.45, 7) is 2.03. The highest BCUT2D eigenvalue weighted by Gasteiger charge is 2.32. The molecule has 4 aromatic rings. The van der Waals surface area contributed by atoms with Crippen LogP contribution in [0.1, 0.15) is 5.56 Å². The van der Waals surface area contributed by atoms with Gasteiger partial charge in [-0.3, -0.25) is 0 Å². The number of H-pyrrole nitrogens is 1. The van der Waals surface area contributed by atoms with Crippen LogP contribution in [0.2, 0.25) is 0 Å². The van der Waals surface area contributed by atoms with E-state index in [0.29, 0.717) is 39.7 Å². The smallest absolute Gasteiger partial charge is 0.488 e. The number of aryl methyl sites for hydroxylation is 1. The first kappa shape index (κ1) is 21.1. The minimum Gasteiger partial charge on any atom is -0.488 e. The van der Waals surface area contributed by atoms with E-state index in [9.17, 15) is 18.3 Å². The van der Waals surface area contributed by atoms with Crippen molar-refractivity contribution in [1.82, 2.24) is 15.0 Å². The van der Waals surface area contributed by atoms with Crippen LogP contribution in [0.5, 0.6) is 11.5 Å². The third-order valence-electron chi connectivity index (χ3n) is 5.33. The van der Waals surface area contributed by atoms with Crippen LogP contribution in [0, 0.1) is 6.92 Å². The maximum absolute atomic E-state index is 12.6. The number of fused-ring (bicyclic) bond motifs is 2. The van der Waals surface area contributed by atoms with Gasteiger partial charge in [0, 0.05) is 12.3 Å². The zero-order valence-electron chi connectivity index (χ0n) is 17.4. The Morgan fingerprint density at radius 2 is 2.06 bits per heavy atom. The van der Waals surface area contributed by atoms with E-state index in [1.54, 1.807) is 6.20 Å². The first-order valence-corrected chi connectivity index (χ1v) is 10.2. The Balaban J connectivity index is 1.58. The molecule has 0 aliphatic carbocycles. The molecule has 0 fully saturated rings. The zero-order chi connectivity index (χ0) is 23.2. The number of aromatic nitrogens is 3. The highest BCUT2D eigenvalue weighted by atomic mass is 19.4. The molecule has 2 aromatic heterocycles. The molecule has 33 heavy (non-hydrogen) atoms. The number of alkyl halides is 3. The topological polar surface area (TPSA) is 83.5 Å². The molecule has 1 aliphatic heterocycles. The summed E-state index contributed by atoms with van der Waals surface area (Å²) in [7, 11) is 0. The Morgan fingerprint density at radius 3 is 2.79 bits per heavy atom.